The van der Waals surface area contributed by atoms with Crippen molar-refractivity contribution in [1.82, 2.24) is 9.97 Å². The lowest BCUT2D eigenvalue weighted by Crippen LogP contribution is -1.97. The molecule has 0 aliphatic carbocycles. The Morgan fingerprint density at radius 1 is 0.306 bits per heavy atom. The van der Waals surface area contributed by atoms with Crippen LogP contribution in [0.25, 0.3) is 121 Å². The van der Waals surface area contributed by atoms with E-state index < -0.39 is 0 Å². The molecule has 0 spiro atoms. The molecule has 290 valence electrons. The zero-order valence-electron chi connectivity index (χ0n) is 33.5. The van der Waals surface area contributed by atoms with E-state index in [1.807, 2.05) is 29.5 Å². The average molecular weight is 809 g/mol. The Balaban J connectivity index is 1.08. The van der Waals surface area contributed by atoms with Gasteiger partial charge in [0.05, 0.1) is 11.4 Å². The first kappa shape index (κ1) is 36.0. The fraction of sp³-hybridized carbons (Fsp3) is 0. The van der Waals surface area contributed by atoms with Crippen molar-refractivity contribution in [3.05, 3.63) is 218 Å². The number of para-hydroxylation sites is 2. The molecule has 12 rings (SSSR count). The number of fused-ring (bicyclic) bond motifs is 6. The molecular formula is C58H36N2OS. The molecule has 0 aliphatic heterocycles. The van der Waals surface area contributed by atoms with Gasteiger partial charge in [-0.15, -0.1) is 11.3 Å². The Hall–Kier alpha value is -7.92. The maximum atomic E-state index is 6.59. The highest BCUT2D eigenvalue weighted by Gasteiger charge is 2.18. The van der Waals surface area contributed by atoms with Crippen LogP contribution in [0.5, 0.6) is 0 Å². The van der Waals surface area contributed by atoms with Crippen LogP contribution >= 0.6 is 11.3 Å². The van der Waals surface area contributed by atoms with Gasteiger partial charge in [0.15, 0.2) is 5.82 Å². The zero-order valence-corrected chi connectivity index (χ0v) is 34.3. The maximum absolute atomic E-state index is 6.59. The first-order valence-corrected chi connectivity index (χ1v) is 21.7. The van der Waals surface area contributed by atoms with Crippen LogP contribution in [-0.2, 0) is 0 Å². The third-order valence-corrected chi connectivity index (χ3v) is 13.0. The summed E-state index contributed by atoms with van der Waals surface area (Å²) >= 11 is 1.84. The van der Waals surface area contributed by atoms with Gasteiger partial charge < -0.3 is 4.42 Å². The molecule has 0 fully saturated rings. The number of rotatable bonds is 7. The molecule has 0 radical (unpaired) electrons. The molecule has 4 heteroatoms. The monoisotopic (exact) mass is 808 g/mol. The van der Waals surface area contributed by atoms with Crippen LogP contribution in [0.4, 0.5) is 0 Å². The van der Waals surface area contributed by atoms with Crippen LogP contribution in [-0.4, -0.2) is 9.97 Å². The Morgan fingerprint density at radius 2 is 0.839 bits per heavy atom. The van der Waals surface area contributed by atoms with Crippen LogP contribution < -0.4 is 0 Å². The SMILES string of the molecule is c1ccc(-c2cc(-c3ccc4sc5ccccc5c4c3)cc(-c3cc(-c4ccccc4)nc(-c4cc(-c5ccccc5)cc(-c5cccc6c5oc5ccccc56)c4)n3)c2)cc1. The highest BCUT2D eigenvalue weighted by atomic mass is 32.1. The van der Waals surface area contributed by atoms with Gasteiger partial charge in [0.2, 0.25) is 0 Å². The highest BCUT2D eigenvalue weighted by molar-refractivity contribution is 7.25. The summed E-state index contributed by atoms with van der Waals surface area (Å²) in [5.41, 5.74) is 15.2. The molecule has 62 heavy (non-hydrogen) atoms. The predicted molar refractivity (Wildman–Crippen MR) is 260 cm³/mol. The van der Waals surface area contributed by atoms with Crippen molar-refractivity contribution in [1.29, 1.82) is 0 Å². The molecule has 9 aromatic carbocycles. The normalized spacial score (nSPS) is 11.5. The summed E-state index contributed by atoms with van der Waals surface area (Å²) < 4.78 is 9.18. The fourth-order valence-corrected chi connectivity index (χ4v) is 9.90. The molecule has 0 bridgehead atoms. The van der Waals surface area contributed by atoms with Crippen molar-refractivity contribution in [3.63, 3.8) is 0 Å². The molecule has 0 atom stereocenters. The van der Waals surface area contributed by atoms with E-state index in [9.17, 15) is 0 Å². The zero-order chi connectivity index (χ0) is 41.0. The van der Waals surface area contributed by atoms with Gasteiger partial charge >= 0.3 is 0 Å². The third-order valence-electron chi connectivity index (χ3n) is 11.9. The van der Waals surface area contributed by atoms with Crippen molar-refractivity contribution >= 4 is 53.4 Å². The van der Waals surface area contributed by atoms with Gasteiger partial charge in [-0.1, -0.05) is 152 Å². The summed E-state index contributed by atoms with van der Waals surface area (Å²) in [6.45, 7) is 0. The summed E-state index contributed by atoms with van der Waals surface area (Å²) in [5, 5.41) is 4.76. The quantitative estimate of drug-likeness (QED) is 0.161. The fourth-order valence-electron chi connectivity index (χ4n) is 8.81. The van der Waals surface area contributed by atoms with Gasteiger partial charge in [0.25, 0.3) is 0 Å². The van der Waals surface area contributed by atoms with E-state index in [1.54, 1.807) is 0 Å². The largest absolute Gasteiger partial charge is 0.455 e. The number of thiophene rings is 1. The molecule has 0 amide bonds. The molecule has 0 aliphatic rings. The Labute approximate surface area is 362 Å². The molecule has 0 N–H and O–H groups in total. The molecular weight excluding hydrogens is 773 g/mol. The summed E-state index contributed by atoms with van der Waals surface area (Å²) in [5.74, 6) is 0.648. The molecule has 3 heterocycles. The van der Waals surface area contributed by atoms with Gasteiger partial charge in [-0.3, -0.25) is 0 Å². The van der Waals surface area contributed by atoms with Crippen LogP contribution in [0.15, 0.2) is 223 Å². The maximum Gasteiger partial charge on any atom is 0.160 e. The van der Waals surface area contributed by atoms with Gasteiger partial charge in [-0.2, -0.15) is 0 Å². The molecule has 3 aromatic heterocycles. The average Bonchev–Trinajstić information content (AvgIpc) is 3.93. The number of nitrogens with zero attached hydrogens (tertiary/aromatic N) is 2. The van der Waals surface area contributed by atoms with Gasteiger partial charge in [0, 0.05) is 53.2 Å². The Morgan fingerprint density at radius 3 is 1.58 bits per heavy atom. The Bertz CT molecular complexity index is 3630. The highest BCUT2D eigenvalue weighted by Crippen LogP contribution is 2.42. The van der Waals surface area contributed by atoms with Crippen LogP contribution in [0.1, 0.15) is 0 Å². The number of benzene rings is 9. The summed E-state index contributed by atoms with van der Waals surface area (Å²) in [7, 11) is 0. The topological polar surface area (TPSA) is 38.9 Å². The predicted octanol–water partition coefficient (Wildman–Crippen LogP) is 16.4. The lowest BCUT2D eigenvalue weighted by atomic mass is 9.93. The lowest BCUT2D eigenvalue weighted by Gasteiger charge is -2.15. The van der Waals surface area contributed by atoms with Crippen molar-refractivity contribution in [2.45, 2.75) is 0 Å². The lowest BCUT2D eigenvalue weighted by molar-refractivity contribution is 0.670. The molecule has 12 aromatic rings. The first-order chi connectivity index (χ1) is 30.7. The smallest absolute Gasteiger partial charge is 0.160 e. The van der Waals surface area contributed by atoms with E-state index in [0.29, 0.717) is 5.82 Å². The van der Waals surface area contributed by atoms with Gasteiger partial charge in [-0.25, -0.2) is 9.97 Å². The second-order valence-electron chi connectivity index (χ2n) is 15.7. The Kier molecular flexibility index (Phi) is 8.68. The van der Waals surface area contributed by atoms with Crippen molar-refractivity contribution in [2.75, 3.05) is 0 Å². The van der Waals surface area contributed by atoms with Crippen molar-refractivity contribution in [2.24, 2.45) is 0 Å². The van der Waals surface area contributed by atoms with E-state index in [4.69, 9.17) is 14.4 Å². The second-order valence-corrected chi connectivity index (χ2v) is 16.8. The molecule has 3 nitrogen and oxygen atoms in total. The van der Waals surface area contributed by atoms with Crippen molar-refractivity contribution < 1.29 is 4.42 Å². The van der Waals surface area contributed by atoms with Crippen LogP contribution in [0.2, 0.25) is 0 Å². The third kappa shape index (κ3) is 6.46. The van der Waals surface area contributed by atoms with Gasteiger partial charge in [-0.05, 0) is 106 Å². The van der Waals surface area contributed by atoms with E-state index in [-0.39, 0.29) is 0 Å². The van der Waals surface area contributed by atoms with E-state index in [0.717, 1.165) is 94.5 Å². The van der Waals surface area contributed by atoms with Crippen LogP contribution in [0.3, 0.4) is 0 Å². The summed E-state index contributed by atoms with van der Waals surface area (Å²) in [6.07, 6.45) is 0. The summed E-state index contributed by atoms with van der Waals surface area (Å²) in [6, 6.07) is 77.5. The number of hydrogen-bond donors (Lipinski definition) is 0. The number of aromatic nitrogens is 2. The van der Waals surface area contributed by atoms with E-state index in [1.165, 1.54) is 20.2 Å². The van der Waals surface area contributed by atoms with Gasteiger partial charge in [0.1, 0.15) is 11.2 Å². The summed E-state index contributed by atoms with van der Waals surface area (Å²) in [4.78, 5) is 10.8. The van der Waals surface area contributed by atoms with E-state index >= 15 is 0 Å². The molecule has 0 saturated heterocycles. The molecule has 0 unspecified atom stereocenters. The first-order valence-electron chi connectivity index (χ1n) is 20.9. The van der Waals surface area contributed by atoms with Crippen molar-refractivity contribution in [3.8, 4) is 78.4 Å². The number of furan rings is 1. The number of hydrogen-bond acceptors (Lipinski definition) is 4. The van der Waals surface area contributed by atoms with E-state index in [2.05, 4.69) is 200 Å². The minimum Gasteiger partial charge on any atom is -0.455 e. The van der Waals surface area contributed by atoms with Crippen LogP contribution in [0, 0.1) is 0 Å². The minimum atomic E-state index is 0.648. The standard InChI is InChI=1S/C58H36N2OS/c1-4-15-37(16-5-1)41-29-43(40-27-28-56-51(35-40)49-22-11-13-26-55(49)62-56)32-45(31-41)53-36-52(39-19-8-3-9-20-39)59-58(60-53)46-33-42(38-17-6-2-7-18-38)30-44(34-46)47-23-14-24-50-48-21-10-12-25-54(48)61-57(47)50/h1-36H. The second kappa shape index (κ2) is 15.0. The minimum absolute atomic E-state index is 0.648. The molecule has 0 saturated carbocycles.